The summed E-state index contributed by atoms with van der Waals surface area (Å²) in [5.74, 6) is 0. The van der Waals surface area contributed by atoms with Crippen LogP contribution in [0.2, 0.25) is 0 Å². The van der Waals surface area contributed by atoms with Gasteiger partial charge in [-0.3, -0.25) is 4.90 Å². The van der Waals surface area contributed by atoms with Gasteiger partial charge in [0.15, 0.2) is 0 Å². The van der Waals surface area contributed by atoms with Crippen LogP contribution in [0.25, 0.3) is 0 Å². The van der Waals surface area contributed by atoms with Crippen molar-refractivity contribution >= 4 is 0 Å². The summed E-state index contributed by atoms with van der Waals surface area (Å²) in [5.41, 5.74) is 6.23. The van der Waals surface area contributed by atoms with E-state index >= 15 is 0 Å². The predicted molar refractivity (Wildman–Crippen MR) is 57.1 cm³/mol. The molecule has 3 nitrogen and oxygen atoms in total. The number of hydrogen-bond acceptors (Lipinski definition) is 3. The largest absolute Gasteiger partial charge is 0.381 e. The van der Waals surface area contributed by atoms with Crippen LogP contribution in [0.15, 0.2) is 0 Å². The van der Waals surface area contributed by atoms with Crippen LogP contribution in [0.1, 0.15) is 26.7 Å². The summed E-state index contributed by atoms with van der Waals surface area (Å²) in [6.45, 7) is 6.86. The smallest absolute Gasteiger partial charge is 0.0652 e. The minimum atomic E-state index is 0.304. The molecule has 1 saturated heterocycles. The standard InChI is InChI=1S/C11H22N2O/c1-11(2)9(6-10(11)14-3)13-5-4-8(12)7-13/h8-10H,4-7,12H2,1-3H3. The molecule has 2 fully saturated rings. The molecule has 1 aliphatic heterocycles. The Bertz CT molecular complexity index is 217. The van der Waals surface area contributed by atoms with E-state index < -0.39 is 0 Å². The SMILES string of the molecule is COC1CC(N2CCC(N)C2)C1(C)C. The second-order valence-corrected chi connectivity index (χ2v) is 5.34. The van der Waals surface area contributed by atoms with Gasteiger partial charge in [-0.05, 0) is 12.8 Å². The van der Waals surface area contributed by atoms with Crippen molar-refractivity contribution < 1.29 is 4.74 Å². The van der Waals surface area contributed by atoms with E-state index in [4.69, 9.17) is 10.5 Å². The van der Waals surface area contributed by atoms with E-state index in [1.165, 1.54) is 13.0 Å². The third-order valence-corrected chi connectivity index (χ3v) is 4.11. The fourth-order valence-corrected chi connectivity index (χ4v) is 2.98. The van der Waals surface area contributed by atoms with Crippen molar-refractivity contribution in [1.29, 1.82) is 0 Å². The Balaban J connectivity index is 1.95. The van der Waals surface area contributed by atoms with E-state index in [2.05, 4.69) is 18.7 Å². The molecule has 0 bridgehead atoms. The highest BCUT2D eigenvalue weighted by atomic mass is 16.5. The van der Waals surface area contributed by atoms with Gasteiger partial charge in [0.05, 0.1) is 6.10 Å². The molecule has 0 radical (unpaired) electrons. The lowest BCUT2D eigenvalue weighted by Gasteiger charge is -2.54. The molecule has 82 valence electrons. The molecule has 3 heteroatoms. The highest BCUT2D eigenvalue weighted by Gasteiger charge is 2.51. The Kier molecular flexibility index (Phi) is 2.58. The second-order valence-electron chi connectivity index (χ2n) is 5.34. The van der Waals surface area contributed by atoms with Crippen LogP contribution in [0.5, 0.6) is 0 Å². The highest BCUT2D eigenvalue weighted by molar-refractivity contribution is 5.05. The van der Waals surface area contributed by atoms with Crippen LogP contribution in [-0.4, -0.2) is 43.3 Å². The number of hydrogen-bond donors (Lipinski definition) is 1. The third kappa shape index (κ3) is 1.47. The molecule has 0 spiro atoms. The minimum Gasteiger partial charge on any atom is -0.381 e. The lowest BCUT2D eigenvalue weighted by Crippen LogP contribution is -2.61. The maximum atomic E-state index is 5.92. The lowest BCUT2D eigenvalue weighted by molar-refractivity contribution is -0.133. The number of methoxy groups -OCH3 is 1. The Hall–Kier alpha value is -0.120. The Morgan fingerprint density at radius 2 is 2.14 bits per heavy atom. The number of nitrogens with zero attached hydrogens (tertiary/aromatic N) is 1. The maximum Gasteiger partial charge on any atom is 0.0652 e. The molecule has 14 heavy (non-hydrogen) atoms. The van der Waals surface area contributed by atoms with Gasteiger partial charge >= 0.3 is 0 Å². The Morgan fingerprint density at radius 3 is 2.57 bits per heavy atom. The Morgan fingerprint density at radius 1 is 1.43 bits per heavy atom. The third-order valence-electron chi connectivity index (χ3n) is 4.11. The number of ether oxygens (including phenoxy) is 1. The van der Waals surface area contributed by atoms with Crippen LogP contribution in [0.4, 0.5) is 0 Å². The highest BCUT2D eigenvalue weighted by Crippen LogP contribution is 2.46. The summed E-state index contributed by atoms with van der Waals surface area (Å²) in [6, 6.07) is 1.08. The van der Waals surface area contributed by atoms with E-state index in [1.54, 1.807) is 0 Å². The Labute approximate surface area is 86.6 Å². The number of nitrogens with two attached hydrogens (primary N) is 1. The topological polar surface area (TPSA) is 38.5 Å². The van der Waals surface area contributed by atoms with Crippen molar-refractivity contribution in [3.05, 3.63) is 0 Å². The first-order valence-electron chi connectivity index (χ1n) is 5.58. The first kappa shape index (κ1) is 10.4. The van der Waals surface area contributed by atoms with Crippen molar-refractivity contribution in [1.82, 2.24) is 4.90 Å². The van der Waals surface area contributed by atoms with Gasteiger partial charge in [-0.2, -0.15) is 0 Å². The first-order chi connectivity index (χ1) is 6.55. The summed E-state index contributed by atoms with van der Waals surface area (Å²) < 4.78 is 5.46. The molecule has 3 atom stereocenters. The zero-order valence-electron chi connectivity index (χ0n) is 9.49. The molecular formula is C11H22N2O. The molecule has 0 aromatic carbocycles. The monoisotopic (exact) mass is 198 g/mol. The molecule has 2 rings (SSSR count). The molecule has 3 unspecified atom stereocenters. The predicted octanol–water partition coefficient (Wildman–Crippen LogP) is 0.833. The molecule has 0 amide bonds. The lowest BCUT2D eigenvalue weighted by atomic mass is 9.64. The first-order valence-corrected chi connectivity index (χ1v) is 5.58. The van der Waals surface area contributed by atoms with Gasteiger partial charge < -0.3 is 10.5 Å². The van der Waals surface area contributed by atoms with Gasteiger partial charge in [-0.15, -0.1) is 0 Å². The molecule has 2 aliphatic rings. The summed E-state index contributed by atoms with van der Waals surface area (Å²) in [4.78, 5) is 2.54. The van der Waals surface area contributed by atoms with Gasteiger partial charge in [0.2, 0.25) is 0 Å². The van der Waals surface area contributed by atoms with Crippen molar-refractivity contribution in [2.24, 2.45) is 11.1 Å². The molecule has 0 aromatic rings. The molecule has 1 saturated carbocycles. The fraction of sp³-hybridized carbons (Fsp3) is 1.00. The minimum absolute atomic E-state index is 0.304. The van der Waals surface area contributed by atoms with Crippen LogP contribution in [0, 0.1) is 5.41 Å². The summed E-state index contributed by atoms with van der Waals surface area (Å²) in [6.07, 6.45) is 2.77. The average Bonchev–Trinajstić information content (AvgIpc) is 2.51. The van der Waals surface area contributed by atoms with Crippen LogP contribution in [-0.2, 0) is 4.74 Å². The van der Waals surface area contributed by atoms with Crippen LogP contribution < -0.4 is 5.73 Å². The van der Waals surface area contributed by atoms with E-state index in [-0.39, 0.29) is 0 Å². The summed E-state index contributed by atoms with van der Waals surface area (Å²) in [5, 5.41) is 0. The maximum absolute atomic E-state index is 5.92. The van der Waals surface area contributed by atoms with Crippen LogP contribution >= 0.6 is 0 Å². The summed E-state index contributed by atoms with van der Waals surface area (Å²) in [7, 11) is 1.82. The van der Waals surface area contributed by atoms with E-state index in [0.717, 1.165) is 13.0 Å². The van der Waals surface area contributed by atoms with Gasteiger partial charge in [-0.1, -0.05) is 13.8 Å². The molecular weight excluding hydrogens is 176 g/mol. The van der Waals surface area contributed by atoms with Crippen molar-refractivity contribution in [3.63, 3.8) is 0 Å². The van der Waals surface area contributed by atoms with E-state index in [9.17, 15) is 0 Å². The van der Waals surface area contributed by atoms with Crippen molar-refractivity contribution in [2.45, 2.75) is 44.9 Å². The number of rotatable bonds is 2. The van der Waals surface area contributed by atoms with Crippen LogP contribution in [0.3, 0.4) is 0 Å². The van der Waals surface area contributed by atoms with Crippen molar-refractivity contribution in [2.75, 3.05) is 20.2 Å². The van der Waals surface area contributed by atoms with Gasteiger partial charge in [0.25, 0.3) is 0 Å². The zero-order valence-corrected chi connectivity index (χ0v) is 9.49. The summed E-state index contributed by atoms with van der Waals surface area (Å²) >= 11 is 0. The fourth-order valence-electron chi connectivity index (χ4n) is 2.98. The molecule has 0 aromatic heterocycles. The molecule has 1 heterocycles. The quantitative estimate of drug-likeness (QED) is 0.714. The zero-order chi connectivity index (χ0) is 10.3. The molecule has 2 N–H and O–H groups in total. The second kappa shape index (κ2) is 3.47. The molecule has 1 aliphatic carbocycles. The van der Waals surface area contributed by atoms with Gasteiger partial charge in [0.1, 0.15) is 0 Å². The number of likely N-dealkylation sites (tertiary alicyclic amines) is 1. The normalized spacial score (nSPS) is 42.4. The van der Waals surface area contributed by atoms with E-state index in [0.29, 0.717) is 23.6 Å². The average molecular weight is 198 g/mol. The van der Waals surface area contributed by atoms with Crippen molar-refractivity contribution in [3.8, 4) is 0 Å². The van der Waals surface area contributed by atoms with Gasteiger partial charge in [-0.25, -0.2) is 0 Å². The van der Waals surface area contributed by atoms with E-state index in [1.807, 2.05) is 7.11 Å². The van der Waals surface area contributed by atoms with Gasteiger partial charge in [0, 0.05) is 37.7 Å².